The number of hydrogen-bond acceptors (Lipinski definition) is 6. The summed E-state index contributed by atoms with van der Waals surface area (Å²) in [5, 5.41) is 14.4. The number of anilines is 1. The zero-order valence-electron chi connectivity index (χ0n) is 19.2. The van der Waals surface area contributed by atoms with Crippen molar-refractivity contribution in [1.29, 1.82) is 0 Å². The molecule has 0 saturated carbocycles. The van der Waals surface area contributed by atoms with Crippen LogP contribution in [-0.4, -0.2) is 40.3 Å². The predicted molar refractivity (Wildman–Crippen MR) is 132 cm³/mol. The lowest BCUT2D eigenvalue weighted by Gasteiger charge is -2.14. The Balaban J connectivity index is 1.53. The first-order valence-electron chi connectivity index (χ1n) is 10.8. The molecule has 9 heteroatoms. The number of hydrogen-bond donors (Lipinski definition) is 1. The third-order valence-corrected chi connectivity index (χ3v) is 5.52. The summed E-state index contributed by atoms with van der Waals surface area (Å²) in [6, 6.07) is 18.4. The molecule has 4 rings (SSSR count). The maximum Gasteiger partial charge on any atom is 0.293 e. The monoisotopic (exact) mass is 469 g/mol. The number of nitro groups is 1. The van der Waals surface area contributed by atoms with E-state index in [4.69, 9.17) is 0 Å². The molecule has 0 spiro atoms. The number of nitrogens with zero attached hydrogens (tertiary/aromatic N) is 4. The molecule has 35 heavy (non-hydrogen) atoms. The quantitative estimate of drug-likeness (QED) is 0.237. The molecular weight excluding hydrogens is 446 g/mol. The Hall–Kier alpha value is -4.79. The van der Waals surface area contributed by atoms with Gasteiger partial charge in [-0.3, -0.25) is 19.7 Å². The van der Waals surface area contributed by atoms with E-state index in [-0.39, 0.29) is 28.9 Å². The smallest absolute Gasteiger partial charge is 0.293 e. The fourth-order valence-corrected chi connectivity index (χ4v) is 3.70. The van der Waals surface area contributed by atoms with Crippen molar-refractivity contribution in [3.8, 4) is 5.69 Å². The molecule has 1 N–H and O–H groups in total. The molecule has 3 aromatic carbocycles. The Bertz CT molecular complexity index is 1380. The van der Waals surface area contributed by atoms with Crippen LogP contribution >= 0.6 is 0 Å². The topological polar surface area (TPSA) is 110 Å². The summed E-state index contributed by atoms with van der Waals surface area (Å²) < 4.78 is 1.87. The Labute approximate surface area is 201 Å². The van der Waals surface area contributed by atoms with Gasteiger partial charge in [-0.25, -0.2) is 4.98 Å². The van der Waals surface area contributed by atoms with E-state index in [0.717, 1.165) is 11.3 Å². The number of rotatable bonds is 8. The second-order valence-corrected chi connectivity index (χ2v) is 8.05. The number of imidazole rings is 1. The number of amides is 1. The van der Waals surface area contributed by atoms with Crippen LogP contribution in [0.1, 0.15) is 31.8 Å². The zero-order chi connectivity index (χ0) is 24.9. The molecule has 0 aliphatic heterocycles. The van der Waals surface area contributed by atoms with E-state index < -0.39 is 16.6 Å². The van der Waals surface area contributed by atoms with Crippen LogP contribution in [0.5, 0.6) is 0 Å². The molecular formula is C26H23N5O4. The van der Waals surface area contributed by atoms with Gasteiger partial charge in [0, 0.05) is 55.9 Å². The highest BCUT2D eigenvalue weighted by Crippen LogP contribution is 2.29. The van der Waals surface area contributed by atoms with Crippen LogP contribution < -0.4 is 10.2 Å². The number of carbonyl (C=O) groups is 2. The first-order chi connectivity index (χ1) is 16.8. The average molecular weight is 470 g/mol. The second kappa shape index (κ2) is 10.0. The van der Waals surface area contributed by atoms with Crippen molar-refractivity contribution in [3.05, 3.63) is 118 Å². The van der Waals surface area contributed by atoms with Gasteiger partial charge in [-0.1, -0.05) is 30.3 Å². The number of nitro benzene ring substituents is 1. The van der Waals surface area contributed by atoms with Crippen molar-refractivity contribution in [3.63, 3.8) is 0 Å². The minimum Gasteiger partial charge on any atom is -0.372 e. The van der Waals surface area contributed by atoms with Gasteiger partial charge in [-0.15, -0.1) is 0 Å². The van der Waals surface area contributed by atoms with Crippen molar-refractivity contribution < 1.29 is 14.5 Å². The van der Waals surface area contributed by atoms with E-state index >= 15 is 0 Å². The minimum absolute atomic E-state index is 0.137. The molecule has 0 bridgehead atoms. The zero-order valence-corrected chi connectivity index (χ0v) is 19.2. The van der Waals surface area contributed by atoms with Crippen LogP contribution in [0.4, 0.5) is 11.4 Å². The number of carbonyl (C=O) groups excluding carboxylic acids is 2. The molecule has 0 unspecified atom stereocenters. The molecule has 0 radical (unpaired) electrons. The lowest BCUT2D eigenvalue weighted by Crippen LogP contribution is -2.25. The Morgan fingerprint density at radius 1 is 1.03 bits per heavy atom. The highest BCUT2D eigenvalue weighted by molar-refractivity contribution is 6.15. The third kappa shape index (κ3) is 5.09. The summed E-state index contributed by atoms with van der Waals surface area (Å²) in [6.07, 6.45) is 5.24. The fourth-order valence-electron chi connectivity index (χ4n) is 3.70. The van der Waals surface area contributed by atoms with Crippen LogP contribution in [0.25, 0.3) is 5.69 Å². The summed E-state index contributed by atoms with van der Waals surface area (Å²) in [6.45, 7) is 0.272. The Morgan fingerprint density at radius 3 is 2.37 bits per heavy atom. The third-order valence-electron chi connectivity index (χ3n) is 5.52. The van der Waals surface area contributed by atoms with E-state index in [2.05, 4.69) is 10.3 Å². The first kappa shape index (κ1) is 23.4. The molecule has 1 aromatic heterocycles. The molecule has 176 valence electrons. The van der Waals surface area contributed by atoms with Gasteiger partial charge < -0.3 is 14.8 Å². The molecule has 1 amide bonds. The summed E-state index contributed by atoms with van der Waals surface area (Å²) in [5.74, 6) is -0.874. The Morgan fingerprint density at radius 2 is 1.74 bits per heavy atom. The summed E-state index contributed by atoms with van der Waals surface area (Å²) in [5.41, 5.74) is 2.55. The number of ketones is 1. The first-order valence-corrected chi connectivity index (χ1v) is 10.8. The van der Waals surface area contributed by atoms with E-state index in [1.165, 1.54) is 18.2 Å². The largest absolute Gasteiger partial charge is 0.372 e. The van der Waals surface area contributed by atoms with Crippen molar-refractivity contribution in [2.75, 3.05) is 19.0 Å². The van der Waals surface area contributed by atoms with E-state index in [9.17, 15) is 19.7 Å². The van der Waals surface area contributed by atoms with Crippen LogP contribution in [0.2, 0.25) is 0 Å². The van der Waals surface area contributed by atoms with Gasteiger partial charge in [0.1, 0.15) is 5.69 Å². The van der Waals surface area contributed by atoms with Gasteiger partial charge in [0.25, 0.3) is 11.6 Å². The summed E-state index contributed by atoms with van der Waals surface area (Å²) in [7, 11) is 3.38. The molecule has 0 aliphatic carbocycles. The SMILES string of the molecule is CN(C)c1ccc(C(=O)c2ccccc2C(=O)NCc2ccc(-n3ccnc3)cc2)cc1[N+](=O)[O-]. The number of nitrogens with one attached hydrogen (secondary N) is 1. The highest BCUT2D eigenvalue weighted by Gasteiger charge is 2.22. The molecule has 9 nitrogen and oxygen atoms in total. The molecule has 0 saturated heterocycles. The molecule has 1 heterocycles. The second-order valence-electron chi connectivity index (χ2n) is 8.05. The van der Waals surface area contributed by atoms with Crippen LogP contribution in [-0.2, 0) is 6.54 Å². The summed E-state index contributed by atoms with van der Waals surface area (Å²) >= 11 is 0. The van der Waals surface area contributed by atoms with Crippen molar-refractivity contribution in [2.24, 2.45) is 0 Å². The molecule has 0 aliphatic rings. The normalized spacial score (nSPS) is 10.6. The molecule has 0 fully saturated rings. The lowest BCUT2D eigenvalue weighted by atomic mass is 9.97. The standard InChI is InChI=1S/C26H23N5O4/c1-29(2)23-12-9-19(15-24(23)31(34)35)25(32)21-5-3-4-6-22(21)26(33)28-16-18-7-10-20(11-8-18)30-14-13-27-17-30/h3-15,17H,16H2,1-2H3,(H,28,33). The van der Waals surface area contributed by atoms with E-state index in [0.29, 0.717) is 5.69 Å². The number of benzene rings is 3. The average Bonchev–Trinajstić information content (AvgIpc) is 3.42. The van der Waals surface area contributed by atoms with Gasteiger partial charge >= 0.3 is 0 Å². The van der Waals surface area contributed by atoms with Gasteiger partial charge in [0.05, 0.1) is 16.8 Å². The summed E-state index contributed by atoms with van der Waals surface area (Å²) in [4.78, 5) is 42.8. The van der Waals surface area contributed by atoms with Crippen LogP contribution in [0.3, 0.4) is 0 Å². The Kier molecular flexibility index (Phi) is 6.68. The highest BCUT2D eigenvalue weighted by atomic mass is 16.6. The van der Waals surface area contributed by atoms with Gasteiger partial charge in [-0.2, -0.15) is 0 Å². The van der Waals surface area contributed by atoms with Gasteiger partial charge in [-0.05, 0) is 35.9 Å². The maximum absolute atomic E-state index is 13.2. The van der Waals surface area contributed by atoms with Gasteiger partial charge in [0.15, 0.2) is 5.78 Å². The molecule has 0 atom stereocenters. The number of aromatic nitrogens is 2. The maximum atomic E-state index is 13.2. The van der Waals surface area contributed by atoms with Crippen molar-refractivity contribution >= 4 is 23.1 Å². The van der Waals surface area contributed by atoms with Crippen LogP contribution in [0, 0.1) is 10.1 Å². The fraction of sp³-hybridized carbons (Fsp3) is 0.115. The van der Waals surface area contributed by atoms with E-state index in [1.54, 1.807) is 55.8 Å². The minimum atomic E-state index is -0.525. The van der Waals surface area contributed by atoms with Crippen molar-refractivity contribution in [1.82, 2.24) is 14.9 Å². The van der Waals surface area contributed by atoms with Crippen LogP contribution in [0.15, 0.2) is 85.5 Å². The van der Waals surface area contributed by atoms with E-state index in [1.807, 2.05) is 35.0 Å². The lowest BCUT2D eigenvalue weighted by molar-refractivity contribution is -0.384. The van der Waals surface area contributed by atoms with Gasteiger partial charge in [0.2, 0.25) is 0 Å². The molecule has 4 aromatic rings. The predicted octanol–water partition coefficient (Wildman–Crippen LogP) is 4.01. The van der Waals surface area contributed by atoms with Crippen molar-refractivity contribution in [2.45, 2.75) is 6.54 Å².